The van der Waals surface area contributed by atoms with Crippen molar-refractivity contribution in [2.24, 2.45) is 5.92 Å². The molecule has 1 heterocycles. The average molecular weight is 352 g/mol. The number of hydrogen-bond donors (Lipinski definition) is 0. The molecule has 3 amide bonds. The van der Waals surface area contributed by atoms with E-state index in [1.54, 1.807) is 31.3 Å². The molecular weight excluding hydrogens is 330 g/mol. The summed E-state index contributed by atoms with van der Waals surface area (Å²) >= 11 is 5.85. The molecule has 0 N–H and O–H groups in total. The number of hydrogen-bond acceptors (Lipinski definition) is 3. The van der Waals surface area contributed by atoms with Crippen LogP contribution in [0.1, 0.15) is 20.3 Å². The molecule has 1 fully saturated rings. The van der Waals surface area contributed by atoms with Crippen LogP contribution in [0.25, 0.3) is 0 Å². The van der Waals surface area contributed by atoms with E-state index in [0.717, 1.165) is 6.42 Å². The zero-order valence-corrected chi connectivity index (χ0v) is 14.9. The summed E-state index contributed by atoms with van der Waals surface area (Å²) in [6, 6.07) is 6.89. The fourth-order valence-corrected chi connectivity index (χ4v) is 2.62. The normalized spacial score (nSPS) is 15.6. The highest BCUT2D eigenvalue weighted by Gasteiger charge is 2.32. The van der Waals surface area contributed by atoms with Crippen molar-refractivity contribution < 1.29 is 14.4 Å². The molecule has 0 saturated carbocycles. The molecule has 0 aromatic heterocycles. The maximum absolute atomic E-state index is 12.4. The molecule has 0 aliphatic carbocycles. The van der Waals surface area contributed by atoms with Gasteiger partial charge < -0.3 is 9.80 Å². The number of carbonyl (C=O) groups excluding carboxylic acids is 3. The van der Waals surface area contributed by atoms with Crippen molar-refractivity contribution in [2.75, 3.05) is 31.7 Å². The molecule has 1 atom stereocenters. The van der Waals surface area contributed by atoms with Crippen LogP contribution in [0.2, 0.25) is 5.02 Å². The van der Waals surface area contributed by atoms with Gasteiger partial charge in [0.05, 0.1) is 6.54 Å². The lowest BCUT2D eigenvalue weighted by molar-refractivity contribution is -0.141. The molecule has 1 aliphatic heterocycles. The molecule has 6 nitrogen and oxygen atoms in total. The molecule has 0 radical (unpaired) electrons. The number of benzene rings is 1. The molecule has 24 heavy (non-hydrogen) atoms. The topological polar surface area (TPSA) is 60.9 Å². The number of halogens is 1. The highest BCUT2D eigenvalue weighted by Crippen LogP contribution is 2.21. The van der Waals surface area contributed by atoms with Crippen LogP contribution in [0.15, 0.2) is 24.3 Å². The lowest BCUT2D eigenvalue weighted by Gasteiger charge is -2.23. The molecule has 1 saturated heterocycles. The highest BCUT2D eigenvalue weighted by molar-refractivity contribution is 6.30. The van der Waals surface area contributed by atoms with Crippen LogP contribution in [-0.4, -0.2) is 54.3 Å². The molecule has 1 aliphatic rings. The number of amides is 3. The summed E-state index contributed by atoms with van der Waals surface area (Å²) in [5, 5.41) is 0.587. The first kappa shape index (κ1) is 18.3. The second-order valence-corrected chi connectivity index (χ2v) is 6.47. The highest BCUT2D eigenvalue weighted by atomic mass is 35.5. The molecule has 0 unspecified atom stereocenters. The summed E-state index contributed by atoms with van der Waals surface area (Å²) in [5.74, 6) is -0.569. The van der Waals surface area contributed by atoms with Gasteiger partial charge in [-0.25, -0.2) is 0 Å². The quantitative estimate of drug-likeness (QED) is 0.815. The van der Waals surface area contributed by atoms with E-state index in [0.29, 0.717) is 10.7 Å². The van der Waals surface area contributed by atoms with Gasteiger partial charge in [0.2, 0.25) is 17.7 Å². The Morgan fingerprint density at radius 1 is 1.29 bits per heavy atom. The van der Waals surface area contributed by atoms with Crippen LogP contribution in [0.3, 0.4) is 0 Å². The summed E-state index contributed by atoms with van der Waals surface area (Å²) in [6.07, 6.45) is 0.726. The van der Waals surface area contributed by atoms with Crippen molar-refractivity contribution >= 4 is 35.0 Å². The minimum absolute atomic E-state index is 0.0207. The first-order chi connectivity index (χ1) is 11.3. The van der Waals surface area contributed by atoms with Crippen molar-refractivity contribution in [3.8, 4) is 0 Å². The lowest BCUT2D eigenvalue weighted by Crippen LogP contribution is -2.42. The molecule has 0 spiro atoms. The monoisotopic (exact) mass is 351 g/mol. The Morgan fingerprint density at radius 3 is 2.50 bits per heavy atom. The van der Waals surface area contributed by atoms with Crippen molar-refractivity contribution in [1.82, 2.24) is 9.80 Å². The van der Waals surface area contributed by atoms with Crippen LogP contribution in [-0.2, 0) is 14.4 Å². The summed E-state index contributed by atoms with van der Waals surface area (Å²) in [6.45, 7) is 3.95. The van der Waals surface area contributed by atoms with Gasteiger partial charge in [-0.1, -0.05) is 25.4 Å². The first-order valence-corrected chi connectivity index (χ1v) is 8.30. The van der Waals surface area contributed by atoms with Crippen molar-refractivity contribution in [3.63, 3.8) is 0 Å². The van der Waals surface area contributed by atoms with Crippen LogP contribution < -0.4 is 4.90 Å². The molecule has 1 aromatic rings. The molecule has 130 valence electrons. The van der Waals surface area contributed by atoms with Gasteiger partial charge in [-0.05, 0) is 30.7 Å². The second kappa shape index (κ2) is 7.66. The third-order valence-corrected chi connectivity index (χ3v) is 4.46. The predicted molar refractivity (Wildman–Crippen MR) is 92.6 cm³/mol. The van der Waals surface area contributed by atoms with Crippen LogP contribution in [0, 0.1) is 5.92 Å². The standard InChI is InChI=1S/C17H22ClN3O3/c1-4-12(2)17(24)19(3)9-15(22)20-10-16(23)21(11-20)14-7-5-13(18)6-8-14/h5-8,12H,4,9-11H2,1-3H3/t12-/m1/s1. The van der Waals surface area contributed by atoms with Crippen molar-refractivity contribution in [1.29, 1.82) is 0 Å². The smallest absolute Gasteiger partial charge is 0.248 e. The summed E-state index contributed by atoms with van der Waals surface area (Å²) < 4.78 is 0. The van der Waals surface area contributed by atoms with Crippen LogP contribution in [0.5, 0.6) is 0 Å². The van der Waals surface area contributed by atoms with Crippen molar-refractivity contribution in [3.05, 3.63) is 29.3 Å². The van der Waals surface area contributed by atoms with Gasteiger partial charge in [-0.2, -0.15) is 0 Å². The molecular formula is C17H22ClN3O3. The van der Waals surface area contributed by atoms with Gasteiger partial charge in [-0.3, -0.25) is 19.3 Å². The maximum atomic E-state index is 12.4. The zero-order valence-electron chi connectivity index (χ0n) is 14.2. The Morgan fingerprint density at radius 2 is 1.92 bits per heavy atom. The van der Waals surface area contributed by atoms with E-state index in [-0.39, 0.29) is 43.4 Å². The van der Waals surface area contributed by atoms with E-state index in [1.165, 1.54) is 14.7 Å². The lowest BCUT2D eigenvalue weighted by atomic mass is 10.1. The van der Waals surface area contributed by atoms with Crippen LogP contribution in [0.4, 0.5) is 5.69 Å². The Kier molecular flexibility index (Phi) is 5.83. The Labute approximate surface area is 147 Å². The van der Waals surface area contributed by atoms with E-state index >= 15 is 0 Å². The number of likely N-dealkylation sites (N-methyl/N-ethyl adjacent to an activating group) is 1. The largest absolute Gasteiger partial charge is 0.336 e. The molecule has 0 bridgehead atoms. The minimum Gasteiger partial charge on any atom is -0.336 e. The van der Waals surface area contributed by atoms with E-state index in [9.17, 15) is 14.4 Å². The second-order valence-electron chi connectivity index (χ2n) is 6.03. The van der Waals surface area contributed by atoms with Gasteiger partial charge in [0.15, 0.2) is 0 Å². The Bertz CT molecular complexity index is 632. The van der Waals surface area contributed by atoms with Gasteiger partial charge in [0.1, 0.15) is 13.2 Å². The fraction of sp³-hybridized carbons (Fsp3) is 0.471. The fourth-order valence-electron chi connectivity index (χ4n) is 2.49. The third kappa shape index (κ3) is 4.06. The molecule has 1 aromatic carbocycles. The van der Waals surface area contributed by atoms with E-state index in [2.05, 4.69) is 0 Å². The Hall–Kier alpha value is -2.08. The number of rotatable bonds is 5. The summed E-state index contributed by atoms with van der Waals surface area (Å²) in [7, 11) is 1.61. The van der Waals surface area contributed by atoms with Gasteiger partial charge in [0.25, 0.3) is 0 Å². The maximum Gasteiger partial charge on any atom is 0.248 e. The SMILES string of the molecule is CC[C@@H](C)C(=O)N(C)CC(=O)N1CC(=O)N(c2ccc(Cl)cc2)C1. The number of carbonyl (C=O) groups is 3. The zero-order chi connectivity index (χ0) is 17.9. The van der Waals surface area contributed by atoms with E-state index in [4.69, 9.17) is 11.6 Å². The van der Waals surface area contributed by atoms with Gasteiger partial charge in [0, 0.05) is 23.7 Å². The molecule has 7 heteroatoms. The third-order valence-electron chi connectivity index (χ3n) is 4.21. The van der Waals surface area contributed by atoms with Crippen molar-refractivity contribution in [2.45, 2.75) is 20.3 Å². The van der Waals surface area contributed by atoms with E-state index < -0.39 is 0 Å². The predicted octanol–water partition coefficient (Wildman–Crippen LogP) is 1.98. The summed E-state index contributed by atoms with van der Waals surface area (Å²) in [5.41, 5.74) is 0.698. The summed E-state index contributed by atoms with van der Waals surface area (Å²) in [4.78, 5) is 41.0. The first-order valence-electron chi connectivity index (χ1n) is 7.92. The Balaban J connectivity index is 1.98. The minimum atomic E-state index is -0.237. The molecule has 2 rings (SSSR count). The number of nitrogens with zero attached hydrogens (tertiary/aromatic N) is 3. The van der Waals surface area contributed by atoms with Gasteiger partial charge in [-0.15, -0.1) is 0 Å². The average Bonchev–Trinajstić information content (AvgIpc) is 2.96. The van der Waals surface area contributed by atoms with Gasteiger partial charge >= 0.3 is 0 Å². The van der Waals surface area contributed by atoms with Crippen LogP contribution >= 0.6 is 11.6 Å². The van der Waals surface area contributed by atoms with E-state index in [1.807, 2.05) is 13.8 Å². The number of anilines is 1.